The normalized spacial score (nSPS) is 29.3. The van der Waals surface area contributed by atoms with E-state index in [0.717, 1.165) is 42.5 Å². The van der Waals surface area contributed by atoms with Gasteiger partial charge < -0.3 is 35.2 Å². The number of carbonyl (C=O) groups is 2. The van der Waals surface area contributed by atoms with Crippen LogP contribution in [-0.4, -0.2) is 104 Å². The highest BCUT2D eigenvalue weighted by Gasteiger charge is 2.57. The molecule has 298 valence electrons. The number of hydroxylamine groups is 2. The lowest BCUT2D eigenvalue weighted by Crippen LogP contribution is -2.62. The Morgan fingerprint density at radius 3 is 2.43 bits per heavy atom. The molecule has 11 nitrogen and oxygen atoms in total. The molecule has 4 saturated carbocycles. The average Bonchev–Trinajstić information content (AvgIpc) is 3.53. The van der Waals surface area contributed by atoms with Crippen LogP contribution in [0, 0.1) is 35.0 Å². The van der Waals surface area contributed by atoms with E-state index in [4.69, 9.17) is 14.3 Å². The van der Waals surface area contributed by atoms with Crippen molar-refractivity contribution < 1.29 is 34.1 Å². The number of hydrogen-bond donors (Lipinski definition) is 4. The number of nitrogens with one attached hydrogen (secondary N) is 2. The lowest BCUT2D eigenvalue weighted by Gasteiger charge is -2.62. The fourth-order valence-corrected chi connectivity index (χ4v) is 10.4. The fraction of sp³-hybridized carbons (Fsp3) is 0.674. The lowest BCUT2D eigenvalue weighted by atomic mass is 9.45. The number of rotatable bonds is 14. The number of likely N-dealkylation sites (N-methyl/N-ethyl adjacent to an activating group) is 1. The summed E-state index contributed by atoms with van der Waals surface area (Å²) in [6, 6.07) is 10.6. The summed E-state index contributed by atoms with van der Waals surface area (Å²) in [7, 11) is 7.26. The minimum absolute atomic E-state index is 0.0247. The zero-order chi connectivity index (χ0) is 38.9. The molecule has 2 amide bonds. The summed E-state index contributed by atoms with van der Waals surface area (Å²) in [5, 5.41) is 29.6. The van der Waals surface area contributed by atoms with Gasteiger partial charge in [0.2, 0.25) is 5.91 Å². The molecule has 0 spiro atoms. The number of para-hydroxylation sites is 1. The molecule has 1 aliphatic heterocycles. The Hall–Kier alpha value is -3.22. The van der Waals surface area contributed by atoms with E-state index < -0.39 is 24.2 Å². The summed E-state index contributed by atoms with van der Waals surface area (Å²) < 4.78 is 11.8. The summed E-state index contributed by atoms with van der Waals surface area (Å²) in [5.74, 6) is 1.96. The summed E-state index contributed by atoms with van der Waals surface area (Å²) in [5.41, 5.74) is 3.04. The maximum Gasteiger partial charge on any atom is 0.255 e. The summed E-state index contributed by atoms with van der Waals surface area (Å²) in [6.07, 6.45) is 6.33. The second-order valence-corrected chi connectivity index (χ2v) is 17.4. The maximum atomic E-state index is 14.3. The molecule has 1 heterocycles. The minimum Gasteiger partial charge on any atom is -0.496 e. The van der Waals surface area contributed by atoms with Crippen molar-refractivity contribution in [1.82, 2.24) is 20.6 Å². The standard InChI is InChI=1S/C43H64N4O7/c1-25-33-20-30(43(33,3)4)21-34(25)44-42(51)39-38(26(2)49)37(24-48)54-47(39)22-29-15-12-16-31(40(29)53-8)28-17-18-36(52-7)32(19-28)41(50)45-35(23-46(5)6)27-13-10-9-11-14-27/h12,15-19,25-27,30,33-35,37-39,48-49H,9-11,13-14,20-24H2,1-8H3,(H,44,51)(H,45,50)/t25-,26-,30+,33+,34?,35+,37-,38-,39-/m0/s1. The van der Waals surface area contributed by atoms with Gasteiger partial charge in [0.25, 0.3) is 5.91 Å². The van der Waals surface area contributed by atoms with Gasteiger partial charge in [0.1, 0.15) is 23.6 Å². The van der Waals surface area contributed by atoms with Crippen LogP contribution in [-0.2, 0) is 16.2 Å². The number of carbonyl (C=O) groups excluding carboxylic acids is 2. The van der Waals surface area contributed by atoms with Crippen molar-refractivity contribution in [2.75, 3.05) is 41.5 Å². The molecule has 2 bridgehead atoms. The van der Waals surface area contributed by atoms with E-state index in [9.17, 15) is 19.8 Å². The van der Waals surface area contributed by atoms with Crippen LogP contribution in [0.3, 0.4) is 0 Å². The van der Waals surface area contributed by atoms with E-state index in [2.05, 4.69) is 36.3 Å². The molecule has 54 heavy (non-hydrogen) atoms. The van der Waals surface area contributed by atoms with Gasteiger partial charge in [0.05, 0.1) is 39.0 Å². The first-order valence-corrected chi connectivity index (χ1v) is 20.1. The van der Waals surface area contributed by atoms with Crippen LogP contribution in [0.5, 0.6) is 11.5 Å². The summed E-state index contributed by atoms with van der Waals surface area (Å²) in [6.45, 7) is 9.16. The Morgan fingerprint density at radius 1 is 1.07 bits per heavy atom. The molecular weight excluding hydrogens is 684 g/mol. The Balaban J connectivity index is 1.26. The number of aliphatic hydroxyl groups is 2. The Bertz CT molecular complexity index is 1620. The number of methoxy groups -OCH3 is 2. The molecule has 0 radical (unpaired) electrons. The van der Waals surface area contributed by atoms with Gasteiger partial charge in [0.15, 0.2) is 0 Å². The number of aliphatic hydroxyl groups excluding tert-OH is 2. The van der Waals surface area contributed by atoms with E-state index in [0.29, 0.717) is 40.7 Å². The first-order valence-electron chi connectivity index (χ1n) is 20.1. The number of fused-ring (bicyclic) bond motifs is 2. The molecule has 0 aromatic heterocycles. The van der Waals surface area contributed by atoms with Crippen LogP contribution < -0.4 is 20.1 Å². The molecule has 4 N–H and O–H groups in total. The molecule has 1 unspecified atom stereocenters. The van der Waals surface area contributed by atoms with E-state index in [-0.39, 0.29) is 42.5 Å². The molecule has 2 aromatic rings. The van der Waals surface area contributed by atoms with Gasteiger partial charge in [-0.15, -0.1) is 0 Å². The predicted molar refractivity (Wildman–Crippen MR) is 209 cm³/mol. The van der Waals surface area contributed by atoms with Gasteiger partial charge in [-0.1, -0.05) is 64.3 Å². The van der Waals surface area contributed by atoms with Gasteiger partial charge in [-0.05, 0) is 93.5 Å². The second kappa shape index (κ2) is 16.9. The molecule has 11 heteroatoms. The number of amides is 2. The Labute approximate surface area is 322 Å². The van der Waals surface area contributed by atoms with Crippen molar-refractivity contribution in [1.29, 1.82) is 0 Å². The molecule has 7 rings (SSSR count). The number of hydrogen-bond acceptors (Lipinski definition) is 9. The second-order valence-electron chi connectivity index (χ2n) is 17.4. The van der Waals surface area contributed by atoms with Crippen LogP contribution in [0.2, 0.25) is 0 Å². The first-order chi connectivity index (χ1) is 25.8. The number of nitrogens with zero attached hydrogens (tertiary/aromatic N) is 2. The van der Waals surface area contributed by atoms with E-state index in [1.54, 1.807) is 26.2 Å². The number of benzene rings is 2. The maximum absolute atomic E-state index is 14.3. The van der Waals surface area contributed by atoms with E-state index in [1.165, 1.54) is 25.7 Å². The zero-order valence-corrected chi connectivity index (χ0v) is 33.6. The molecular formula is C43H64N4O7. The molecule has 2 aromatic carbocycles. The third-order valence-electron chi connectivity index (χ3n) is 13.5. The Morgan fingerprint density at radius 2 is 1.81 bits per heavy atom. The quantitative estimate of drug-likeness (QED) is 0.204. The predicted octanol–water partition coefficient (Wildman–Crippen LogP) is 5.27. The fourth-order valence-electron chi connectivity index (χ4n) is 10.4. The largest absolute Gasteiger partial charge is 0.496 e. The molecule has 4 aliphatic carbocycles. The topological polar surface area (TPSA) is 133 Å². The third kappa shape index (κ3) is 8.03. The molecule has 5 fully saturated rings. The van der Waals surface area contributed by atoms with Crippen molar-refractivity contribution in [3.05, 3.63) is 47.5 Å². The van der Waals surface area contributed by atoms with Crippen molar-refractivity contribution in [3.63, 3.8) is 0 Å². The molecule has 5 aliphatic rings. The third-order valence-corrected chi connectivity index (χ3v) is 13.5. The monoisotopic (exact) mass is 748 g/mol. The zero-order valence-electron chi connectivity index (χ0n) is 33.6. The molecule has 1 saturated heterocycles. The highest BCUT2D eigenvalue weighted by molar-refractivity contribution is 5.98. The summed E-state index contributed by atoms with van der Waals surface area (Å²) >= 11 is 0. The SMILES string of the molecule is COc1ccc(-c2cccc(CN3O[C@@H](CO)[C@H]([C@H](C)O)[C@H]3C(=O)NC3C[C@H]4C[C@H]([C@@H]3C)C4(C)C)c2OC)cc1C(=O)N[C@H](CN(C)C)C1CCCCC1. The van der Waals surface area contributed by atoms with Crippen LogP contribution in [0.25, 0.3) is 11.1 Å². The van der Waals surface area contributed by atoms with Gasteiger partial charge in [-0.25, -0.2) is 0 Å². The first kappa shape index (κ1) is 40.4. The van der Waals surface area contributed by atoms with Crippen molar-refractivity contribution in [2.45, 2.75) is 110 Å². The lowest BCUT2D eigenvalue weighted by molar-refractivity contribution is -0.183. The van der Waals surface area contributed by atoms with Gasteiger partial charge >= 0.3 is 0 Å². The van der Waals surface area contributed by atoms with Gasteiger partial charge in [-0.2, -0.15) is 5.06 Å². The highest BCUT2D eigenvalue weighted by Crippen LogP contribution is 2.61. The van der Waals surface area contributed by atoms with Crippen LogP contribution in [0.4, 0.5) is 0 Å². The van der Waals surface area contributed by atoms with Crippen molar-refractivity contribution in [3.8, 4) is 22.6 Å². The van der Waals surface area contributed by atoms with Crippen LogP contribution in [0.15, 0.2) is 36.4 Å². The van der Waals surface area contributed by atoms with Crippen molar-refractivity contribution >= 4 is 11.8 Å². The Kier molecular flexibility index (Phi) is 12.6. The average molecular weight is 749 g/mol. The van der Waals surface area contributed by atoms with Crippen LogP contribution >= 0.6 is 0 Å². The summed E-state index contributed by atoms with van der Waals surface area (Å²) in [4.78, 5) is 36.7. The van der Waals surface area contributed by atoms with E-state index >= 15 is 0 Å². The van der Waals surface area contributed by atoms with E-state index in [1.807, 2.05) is 50.5 Å². The van der Waals surface area contributed by atoms with Gasteiger partial charge in [-0.3, -0.25) is 14.4 Å². The smallest absolute Gasteiger partial charge is 0.255 e. The van der Waals surface area contributed by atoms with Gasteiger partial charge in [0, 0.05) is 35.7 Å². The number of ether oxygens (including phenoxy) is 2. The molecule has 9 atom stereocenters. The minimum atomic E-state index is -0.897. The van der Waals surface area contributed by atoms with Crippen LogP contribution in [0.1, 0.15) is 88.6 Å². The van der Waals surface area contributed by atoms with Crippen molar-refractivity contribution in [2.24, 2.45) is 35.0 Å². The highest BCUT2D eigenvalue weighted by atomic mass is 16.7.